The van der Waals surface area contributed by atoms with Crippen LogP contribution in [0, 0.1) is 13.8 Å². The molecule has 0 aliphatic rings. The summed E-state index contributed by atoms with van der Waals surface area (Å²) in [6, 6.07) is 18.0. The van der Waals surface area contributed by atoms with Crippen molar-refractivity contribution in [2.45, 2.75) is 18.7 Å². The lowest BCUT2D eigenvalue weighted by atomic mass is 10.1. The molecule has 0 aromatic heterocycles. The molecule has 156 valence electrons. The fourth-order valence-corrected chi connectivity index (χ4v) is 4.76. The third kappa shape index (κ3) is 4.78. The Morgan fingerprint density at radius 1 is 0.933 bits per heavy atom. The number of carbonyl (C=O) groups is 1. The minimum atomic E-state index is -4.07. The lowest BCUT2D eigenvalue weighted by Crippen LogP contribution is -2.38. The molecule has 0 heterocycles. The van der Waals surface area contributed by atoms with E-state index >= 15 is 0 Å². The zero-order valence-corrected chi connectivity index (χ0v) is 18.7. The van der Waals surface area contributed by atoms with Crippen molar-refractivity contribution >= 4 is 50.5 Å². The quantitative estimate of drug-likeness (QED) is 0.529. The molecule has 0 atom stereocenters. The van der Waals surface area contributed by atoms with Gasteiger partial charge in [-0.3, -0.25) is 9.10 Å². The van der Waals surface area contributed by atoms with E-state index in [4.69, 9.17) is 23.2 Å². The average molecular weight is 463 g/mol. The number of halogens is 2. The summed E-state index contributed by atoms with van der Waals surface area (Å²) in [5, 5.41) is 2.99. The maximum atomic E-state index is 13.3. The molecule has 0 spiro atoms. The number of sulfonamides is 1. The lowest BCUT2D eigenvalue weighted by molar-refractivity contribution is -0.114. The van der Waals surface area contributed by atoms with Gasteiger partial charge in [-0.1, -0.05) is 53.5 Å². The molecule has 0 saturated carbocycles. The Bertz CT molecular complexity index is 1180. The van der Waals surface area contributed by atoms with E-state index < -0.39 is 22.5 Å². The molecular weight excluding hydrogens is 443 g/mol. The number of anilines is 2. The number of benzene rings is 3. The van der Waals surface area contributed by atoms with Gasteiger partial charge in [0.15, 0.2) is 0 Å². The zero-order chi connectivity index (χ0) is 21.9. The number of hydrogen-bond donors (Lipinski definition) is 1. The molecule has 0 saturated heterocycles. The third-order valence-electron chi connectivity index (χ3n) is 4.61. The Morgan fingerprint density at radius 2 is 1.63 bits per heavy atom. The molecule has 5 nitrogen and oxygen atoms in total. The minimum absolute atomic E-state index is 0.0417. The van der Waals surface area contributed by atoms with Crippen LogP contribution >= 0.6 is 23.2 Å². The summed E-state index contributed by atoms with van der Waals surface area (Å²) < 4.78 is 27.6. The number of carbonyl (C=O) groups excluding carboxylic acids is 1. The molecule has 1 N–H and O–H groups in total. The highest BCUT2D eigenvalue weighted by Gasteiger charge is 2.29. The number of nitrogens with one attached hydrogen (secondary N) is 1. The van der Waals surface area contributed by atoms with Gasteiger partial charge in [0, 0.05) is 5.69 Å². The highest BCUT2D eigenvalue weighted by molar-refractivity contribution is 7.92. The molecular formula is C22H20Cl2N2O3S. The monoisotopic (exact) mass is 462 g/mol. The Balaban J connectivity index is 1.98. The first-order valence-electron chi connectivity index (χ1n) is 9.09. The molecule has 0 aliphatic carbocycles. The van der Waals surface area contributed by atoms with Crippen LogP contribution in [0.1, 0.15) is 11.1 Å². The molecule has 0 bridgehead atoms. The molecule has 0 radical (unpaired) electrons. The van der Waals surface area contributed by atoms with Gasteiger partial charge in [-0.25, -0.2) is 8.42 Å². The van der Waals surface area contributed by atoms with Crippen molar-refractivity contribution in [3.8, 4) is 0 Å². The van der Waals surface area contributed by atoms with Crippen LogP contribution in [0.3, 0.4) is 0 Å². The second-order valence-electron chi connectivity index (χ2n) is 6.74. The van der Waals surface area contributed by atoms with Gasteiger partial charge in [-0.05, 0) is 61.4 Å². The van der Waals surface area contributed by atoms with E-state index in [0.29, 0.717) is 5.69 Å². The first-order valence-corrected chi connectivity index (χ1v) is 11.3. The first kappa shape index (κ1) is 22.2. The third-order valence-corrected chi connectivity index (χ3v) is 7.19. The van der Waals surface area contributed by atoms with Crippen molar-refractivity contribution in [1.29, 1.82) is 0 Å². The summed E-state index contributed by atoms with van der Waals surface area (Å²) in [7, 11) is -4.07. The van der Waals surface area contributed by atoms with Crippen LogP contribution in [0.5, 0.6) is 0 Å². The predicted octanol–water partition coefficient (Wildman–Crippen LogP) is 5.44. The summed E-state index contributed by atoms with van der Waals surface area (Å²) in [6.45, 7) is 3.43. The summed E-state index contributed by atoms with van der Waals surface area (Å²) >= 11 is 12.4. The summed E-state index contributed by atoms with van der Waals surface area (Å²) in [5.74, 6) is -0.506. The van der Waals surface area contributed by atoms with E-state index in [0.717, 1.165) is 15.4 Å². The van der Waals surface area contributed by atoms with Gasteiger partial charge in [0.2, 0.25) is 5.91 Å². The smallest absolute Gasteiger partial charge is 0.264 e. The maximum Gasteiger partial charge on any atom is 0.264 e. The molecule has 0 aliphatic heterocycles. The fourth-order valence-electron chi connectivity index (χ4n) is 2.85. The molecule has 0 unspecified atom stereocenters. The summed E-state index contributed by atoms with van der Waals surface area (Å²) in [4.78, 5) is 12.8. The van der Waals surface area contributed by atoms with E-state index in [2.05, 4.69) is 5.32 Å². The highest BCUT2D eigenvalue weighted by atomic mass is 35.5. The van der Waals surface area contributed by atoms with Gasteiger partial charge in [-0.2, -0.15) is 0 Å². The SMILES string of the molecule is Cc1ccc(NC(=O)CN(c2cccc(Cl)c2Cl)S(=O)(=O)c2ccccc2)cc1C. The second kappa shape index (κ2) is 9.08. The van der Waals surface area contributed by atoms with E-state index in [1.807, 2.05) is 26.0 Å². The largest absolute Gasteiger partial charge is 0.325 e. The first-order chi connectivity index (χ1) is 14.2. The molecule has 3 aromatic rings. The van der Waals surface area contributed by atoms with Crippen molar-refractivity contribution in [3.05, 3.63) is 87.9 Å². The van der Waals surface area contributed by atoms with Gasteiger partial charge in [0.25, 0.3) is 10.0 Å². The number of amides is 1. The van der Waals surface area contributed by atoms with Crippen molar-refractivity contribution in [1.82, 2.24) is 0 Å². The maximum absolute atomic E-state index is 13.3. The van der Waals surface area contributed by atoms with Crippen LogP contribution in [0.15, 0.2) is 71.6 Å². The lowest BCUT2D eigenvalue weighted by Gasteiger charge is -2.25. The van der Waals surface area contributed by atoms with Crippen LogP contribution in [-0.4, -0.2) is 20.9 Å². The number of aryl methyl sites for hydroxylation is 2. The Labute approximate surface area is 186 Å². The van der Waals surface area contributed by atoms with Crippen LogP contribution in [0.2, 0.25) is 10.0 Å². The Morgan fingerprint density at radius 3 is 2.30 bits per heavy atom. The predicted molar refractivity (Wildman–Crippen MR) is 122 cm³/mol. The van der Waals surface area contributed by atoms with Gasteiger partial charge in [0.1, 0.15) is 6.54 Å². The zero-order valence-electron chi connectivity index (χ0n) is 16.4. The Hall–Kier alpha value is -2.54. The molecule has 30 heavy (non-hydrogen) atoms. The van der Waals surface area contributed by atoms with Crippen molar-refractivity contribution in [2.75, 3.05) is 16.2 Å². The van der Waals surface area contributed by atoms with Crippen molar-refractivity contribution in [2.24, 2.45) is 0 Å². The fraction of sp³-hybridized carbons (Fsp3) is 0.136. The van der Waals surface area contributed by atoms with Crippen LogP contribution in [-0.2, 0) is 14.8 Å². The molecule has 3 rings (SSSR count). The standard InChI is InChI=1S/C22H20Cl2N2O3S/c1-15-11-12-17(13-16(15)2)25-21(27)14-26(20-10-6-9-19(23)22(20)24)30(28,29)18-7-4-3-5-8-18/h3-13H,14H2,1-2H3,(H,25,27). The molecule has 1 amide bonds. The molecule has 3 aromatic carbocycles. The van der Waals surface area contributed by atoms with Crippen LogP contribution < -0.4 is 9.62 Å². The highest BCUT2D eigenvalue weighted by Crippen LogP contribution is 2.35. The van der Waals surface area contributed by atoms with Gasteiger partial charge in [0.05, 0.1) is 20.6 Å². The van der Waals surface area contributed by atoms with Gasteiger partial charge < -0.3 is 5.32 Å². The topological polar surface area (TPSA) is 66.5 Å². The van der Waals surface area contributed by atoms with Crippen LogP contribution in [0.25, 0.3) is 0 Å². The van der Waals surface area contributed by atoms with E-state index in [9.17, 15) is 13.2 Å². The Kier molecular flexibility index (Phi) is 6.71. The van der Waals surface area contributed by atoms with E-state index in [1.165, 1.54) is 18.2 Å². The van der Waals surface area contributed by atoms with Crippen LogP contribution in [0.4, 0.5) is 11.4 Å². The number of hydrogen-bond acceptors (Lipinski definition) is 3. The van der Waals surface area contributed by atoms with E-state index in [1.54, 1.807) is 36.4 Å². The number of nitrogens with zero attached hydrogens (tertiary/aromatic N) is 1. The van der Waals surface area contributed by atoms with Crippen molar-refractivity contribution in [3.63, 3.8) is 0 Å². The minimum Gasteiger partial charge on any atom is -0.325 e. The summed E-state index contributed by atoms with van der Waals surface area (Å²) in [5.41, 5.74) is 2.81. The van der Waals surface area contributed by atoms with Crippen molar-refractivity contribution < 1.29 is 13.2 Å². The normalized spacial score (nSPS) is 11.2. The summed E-state index contributed by atoms with van der Waals surface area (Å²) in [6.07, 6.45) is 0. The van der Waals surface area contributed by atoms with Gasteiger partial charge in [-0.15, -0.1) is 0 Å². The average Bonchev–Trinajstić information content (AvgIpc) is 2.72. The number of rotatable bonds is 6. The van der Waals surface area contributed by atoms with E-state index in [-0.39, 0.29) is 20.6 Å². The second-order valence-corrected chi connectivity index (χ2v) is 9.39. The van der Waals surface area contributed by atoms with Gasteiger partial charge >= 0.3 is 0 Å². The molecule has 8 heteroatoms. The molecule has 0 fully saturated rings.